The number of carbonyl (C=O) groups excluding carboxylic acids is 1. The number of nitrogens with one attached hydrogen (secondary N) is 1. The van der Waals surface area contributed by atoms with Crippen LogP contribution in [0.2, 0.25) is 5.02 Å². The highest BCUT2D eigenvalue weighted by atomic mass is 35.5. The minimum atomic E-state index is -0.337. The fourth-order valence-electron chi connectivity index (χ4n) is 2.13. The van der Waals surface area contributed by atoms with E-state index in [4.69, 9.17) is 11.6 Å². The number of nitrogens with zero attached hydrogens (tertiary/aromatic N) is 4. The van der Waals surface area contributed by atoms with E-state index in [-0.39, 0.29) is 11.6 Å². The summed E-state index contributed by atoms with van der Waals surface area (Å²) in [5.41, 5.74) is 3.15. The molecule has 0 atom stereocenters. The van der Waals surface area contributed by atoms with E-state index < -0.39 is 0 Å². The van der Waals surface area contributed by atoms with E-state index in [9.17, 15) is 4.79 Å². The minimum Gasteiger partial charge on any atom is -0.320 e. The molecule has 0 saturated heterocycles. The second-order valence-electron chi connectivity index (χ2n) is 5.06. The Morgan fingerprint density at radius 3 is 2.74 bits per heavy atom. The second kappa shape index (κ2) is 6.18. The van der Waals surface area contributed by atoms with E-state index in [0.29, 0.717) is 16.4 Å². The number of amides is 1. The van der Waals surface area contributed by atoms with Gasteiger partial charge < -0.3 is 5.32 Å². The number of pyridine rings is 1. The van der Waals surface area contributed by atoms with Gasteiger partial charge in [0.15, 0.2) is 5.69 Å². The molecule has 3 aromatic rings. The molecule has 0 unspecified atom stereocenters. The van der Waals surface area contributed by atoms with Gasteiger partial charge in [-0.15, -0.1) is 5.10 Å². The first-order chi connectivity index (χ1) is 11.0. The van der Waals surface area contributed by atoms with Crippen LogP contribution in [0.5, 0.6) is 0 Å². The van der Waals surface area contributed by atoms with Crippen molar-refractivity contribution >= 4 is 23.2 Å². The zero-order chi connectivity index (χ0) is 16.4. The van der Waals surface area contributed by atoms with Gasteiger partial charge in [0.2, 0.25) is 0 Å². The molecule has 0 bridgehead atoms. The third-order valence-corrected chi connectivity index (χ3v) is 3.57. The molecule has 23 heavy (non-hydrogen) atoms. The lowest BCUT2D eigenvalue weighted by molar-refractivity contribution is 0.102. The molecule has 1 aromatic carbocycles. The smallest absolute Gasteiger partial charge is 0.278 e. The SMILES string of the molecule is Cc1ccc(-n2nnc(C(=O)Nc3cccc(Cl)c3)c2C)cn1. The molecule has 2 aromatic heterocycles. The van der Waals surface area contributed by atoms with Crippen LogP contribution in [0.3, 0.4) is 0 Å². The Morgan fingerprint density at radius 2 is 2.04 bits per heavy atom. The van der Waals surface area contributed by atoms with Crippen LogP contribution in [0.15, 0.2) is 42.6 Å². The lowest BCUT2D eigenvalue weighted by Crippen LogP contribution is -2.14. The van der Waals surface area contributed by atoms with Crippen molar-refractivity contribution in [3.63, 3.8) is 0 Å². The summed E-state index contributed by atoms with van der Waals surface area (Å²) in [4.78, 5) is 16.6. The zero-order valence-corrected chi connectivity index (χ0v) is 13.4. The van der Waals surface area contributed by atoms with Crippen LogP contribution in [0, 0.1) is 13.8 Å². The molecule has 0 aliphatic rings. The Kier molecular flexibility index (Phi) is 4.08. The molecular formula is C16H14ClN5O. The van der Waals surface area contributed by atoms with Gasteiger partial charge in [0, 0.05) is 16.4 Å². The number of aryl methyl sites for hydroxylation is 1. The Morgan fingerprint density at radius 1 is 1.22 bits per heavy atom. The topological polar surface area (TPSA) is 72.7 Å². The molecule has 0 aliphatic heterocycles. The number of hydrogen-bond acceptors (Lipinski definition) is 4. The number of halogens is 1. The van der Waals surface area contributed by atoms with E-state index in [0.717, 1.165) is 11.4 Å². The van der Waals surface area contributed by atoms with Gasteiger partial charge >= 0.3 is 0 Å². The normalized spacial score (nSPS) is 10.6. The van der Waals surface area contributed by atoms with Gasteiger partial charge in [-0.1, -0.05) is 22.9 Å². The summed E-state index contributed by atoms with van der Waals surface area (Å²) in [6.07, 6.45) is 1.69. The van der Waals surface area contributed by atoms with Gasteiger partial charge in [-0.05, 0) is 44.2 Å². The van der Waals surface area contributed by atoms with Crippen molar-refractivity contribution in [3.8, 4) is 5.69 Å². The average molecular weight is 328 g/mol. The zero-order valence-electron chi connectivity index (χ0n) is 12.6. The molecule has 3 rings (SSSR count). The number of hydrogen-bond donors (Lipinski definition) is 1. The molecule has 0 spiro atoms. The van der Waals surface area contributed by atoms with Crippen molar-refractivity contribution in [2.24, 2.45) is 0 Å². The fraction of sp³-hybridized carbons (Fsp3) is 0.125. The number of carbonyl (C=O) groups is 1. The fourth-order valence-corrected chi connectivity index (χ4v) is 2.32. The lowest BCUT2D eigenvalue weighted by atomic mass is 10.2. The highest BCUT2D eigenvalue weighted by Crippen LogP contribution is 2.17. The number of benzene rings is 1. The maximum Gasteiger partial charge on any atom is 0.278 e. The summed E-state index contributed by atoms with van der Waals surface area (Å²) in [6, 6.07) is 10.7. The molecule has 2 heterocycles. The Hall–Kier alpha value is -2.73. The maximum absolute atomic E-state index is 12.4. The molecule has 0 radical (unpaired) electrons. The van der Waals surface area contributed by atoms with Crippen molar-refractivity contribution in [2.75, 3.05) is 5.32 Å². The van der Waals surface area contributed by atoms with Crippen LogP contribution < -0.4 is 5.32 Å². The Labute approximate surface area is 138 Å². The summed E-state index contributed by atoms with van der Waals surface area (Å²) in [5.74, 6) is -0.337. The summed E-state index contributed by atoms with van der Waals surface area (Å²) in [5, 5.41) is 11.3. The van der Waals surface area contributed by atoms with Crippen LogP contribution in [0.4, 0.5) is 5.69 Å². The van der Waals surface area contributed by atoms with Crippen LogP contribution in [-0.4, -0.2) is 25.9 Å². The molecule has 0 aliphatic carbocycles. The second-order valence-corrected chi connectivity index (χ2v) is 5.49. The summed E-state index contributed by atoms with van der Waals surface area (Å²) >= 11 is 5.91. The molecular weight excluding hydrogens is 314 g/mol. The first-order valence-electron chi connectivity index (χ1n) is 6.97. The first kappa shape index (κ1) is 15.2. The summed E-state index contributed by atoms with van der Waals surface area (Å²) in [6.45, 7) is 3.69. The monoisotopic (exact) mass is 327 g/mol. The largest absolute Gasteiger partial charge is 0.320 e. The standard InChI is InChI=1S/C16H14ClN5O/c1-10-6-7-14(9-18-10)22-11(2)15(20-21-22)16(23)19-13-5-3-4-12(17)8-13/h3-9H,1-2H3,(H,19,23). The average Bonchev–Trinajstić information content (AvgIpc) is 2.90. The number of aromatic nitrogens is 4. The van der Waals surface area contributed by atoms with Gasteiger partial charge in [-0.2, -0.15) is 0 Å². The Balaban J connectivity index is 1.86. The van der Waals surface area contributed by atoms with Gasteiger partial charge in [0.1, 0.15) is 0 Å². The maximum atomic E-state index is 12.4. The van der Waals surface area contributed by atoms with Gasteiger partial charge in [-0.25, -0.2) is 4.68 Å². The predicted octanol–water partition coefficient (Wildman–Crippen LogP) is 3.18. The van der Waals surface area contributed by atoms with E-state index in [2.05, 4.69) is 20.6 Å². The van der Waals surface area contributed by atoms with Crippen molar-refractivity contribution in [3.05, 3.63) is 64.7 Å². The lowest BCUT2D eigenvalue weighted by Gasteiger charge is -2.05. The molecule has 7 heteroatoms. The molecule has 116 valence electrons. The minimum absolute atomic E-state index is 0.255. The predicted molar refractivity (Wildman–Crippen MR) is 88.0 cm³/mol. The van der Waals surface area contributed by atoms with E-state index in [1.807, 2.05) is 19.1 Å². The molecule has 0 fully saturated rings. The molecule has 1 amide bonds. The molecule has 1 N–H and O–H groups in total. The van der Waals surface area contributed by atoms with Crippen molar-refractivity contribution < 1.29 is 4.79 Å². The third-order valence-electron chi connectivity index (χ3n) is 3.33. The van der Waals surface area contributed by atoms with E-state index in [1.165, 1.54) is 0 Å². The van der Waals surface area contributed by atoms with Crippen molar-refractivity contribution in [1.82, 2.24) is 20.0 Å². The molecule has 6 nitrogen and oxygen atoms in total. The van der Waals surface area contributed by atoms with Gasteiger partial charge in [0.05, 0.1) is 17.6 Å². The van der Waals surface area contributed by atoms with Crippen molar-refractivity contribution in [2.45, 2.75) is 13.8 Å². The first-order valence-corrected chi connectivity index (χ1v) is 7.34. The highest BCUT2D eigenvalue weighted by molar-refractivity contribution is 6.30. The van der Waals surface area contributed by atoms with Crippen LogP contribution in [-0.2, 0) is 0 Å². The van der Waals surface area contributed by atoms with Gasteiger partial charge in [0.25, 0.3) is 5.91 Å². The van der Waals surface area contributed by atoms with Crippen molar-refractivity contribution in [1.29, 1.82) is 0 Å². The molecule has 0 saturated carbocycles. The Bertz CT molecular complexity index is 857. The number of anilines is 1. The van der Waals surface area contributed by atoms with Crippen LogP contribution in [0.1, 0.15) is 21.9 Å². The number of rotatable bonds is 3. The summed E-state index contributed by atoms with van der Waals surface area (Å²) < 4.78 is 1.58. The quantitative estimate of drug-likeness (QED) is 0.802. The van der Waals surface area contributed by atoms with E-state index >= 15 is 0 Å². The van der Waals surface area contributed by atoms with Crippen LogP contribution >= 0.6 is 11.6 Å². The third kappa shape index (κ3) is 3.22. The van der Waals surface area contributed by atoms with Gasteiger partial charge in [-0.3, -0.25) is 9.78 Å². The summed E-state index contributed by atoms with van der Waals surface area (Å²) in [7, 11) is 0. The van der Waals surface area contributed by atoms with Crippen LogP contribution in [0.25, 0.3) is 5.69 Å². The highest BCUT2D eigenvalue weighted by Gasteiger charge is 2.17. The van der Waals surface area contributed by atoms with E-state index in [1.54, 1.807) is 42.1 Å².